The van der Waals surface area contributed by atoms with Crippen molar-refractivity contribution in [3.63, 3.8) is 0 Å². The summed E-state index contributed by atoms with van der Waals surface area (Å²) in [5.74, 6) is 0.833. The fourth-order valence-electron chi connectivity index (χ4n) is 3.58. The minimum absolute atomic E-state index is 0. The van der Waals surface area contributed by atoms with Crippen LogP contribution in [0, 0.1) is 19.8 Å². The minimum Gasteiger partial charge on any atom is -0.361 e. The Kier molecular flexibility index (Phi) is 56.7. The maximum atomic E-state index is 3.12. The average molecular weight is 764 g/mol. The molecule has 1 nitrogen and oxygen atoms in total. The topological polar surface area (TPSA) is 15.8 Å². The van der Waals surface area contributed by atoms with Crippen LogP contribution in [0.25, 0.3) is 21.7 Å². The highest BCUT2D eigenvalue weighted by molar-refractivity contribution is 5.82. The lowest BCUT2D eigenvalue weighted by atomic mass is 10.1. The molecule has 0 saturated heterocycles. The SMILES string of the molecule is C.C.C.C.C.C.CC(C)C.CCC.CCCC.Cc1ccccc1.Cc1ccccc1.c1ccc2[nH]ccc2c1.c1ccc2ccccc2c1.c1ccccc1. The minimum atomic E-state index is 0. The van der Waals surface area contributed by atoms with E-state index >= 15 is 0 Å². The molecule has 1 N–H and O–H groups in total. The van der Waals surface area contributed by atoms with Gasteiger partial charge in [0.05, 0.1) is 0 Å². The summed E-state index contributed by atoms with van der Waals surface area (Å²) in [5.41, 5.74) is 3.85. The summed E-state index contributed by atoms with van der Waals surface area (Å²) >= 11 is 0. The van der Waals surface area contributed by atoms with Crippen molar-refractivity contribution in [2.45, 2.75) is 126 Å². The van der Waals surface area contributed by atoms with Gasteiger partial charge < -0.3 is 4.98 Å². The quantitative estimate of drug-likeness (QED) is 0.171. The highest BCUT2D eigenvalue weighted by Crippen LogP contribution is 2.11. The zero-order chi connectivity index (χ0) is 37.1. The number of fused-ring (bicyclic) bond motifs is 2. The molecular formula is C55H89N. The lowest BCUT2D eigenvalue weighted by Gasteiger charge is -1.92. The van der Waals surface area contributed by atoms with Gasteiger partial charge >= 0.3 is 0 Å². The Hall–Kier alpha value is -4.88. The molecule has 0 radical (unpaired) electrons. The van der Waals surface area contributed by atoms with E-state index in [1.165, 1.54) is 52.1 Å². The number of para-hydroxylation sites is 1. The first-order valence-electron chi connectivity index (χ1n) is 18.3. The Morgan fingerprint density at radius 3 is 0.821 bits per heavy atom. The summed E-state index contributed by atoms with van der Waals surface area (Å²) in [6.45, 7) is 19.3. The summed E-state index contributed by atoms with van der Waals surface area (Å²) < 4.78 is 0. The van der Waals surface area contributed by atoms with E-state index in [1.54, 1.807) is 0 Å². The number of aromatic amines is 1. The van der Waals surface area contributed by atoms with Crippen LogP contribution in [0.15, 0.2) is 182 Å². The van der Waals surface area contributed by atoms with Crippen LogP contribution < -0.4 is 0 Å². The van der Waals surface area contributed by atoms with Gasteiger partial charge in [0.2, 0.25) is 0 Å². The van der Waals surface area contributed by atoms with Crippen LogP contribution in [0.4, 0.5) is 0 Å². The van der Waals surface area contributed by atoms with E-state index < -0.39 is 0 Å². The first kappa shape index (κ1) is 66.0. The second kappa shape index (κ2) is 48.1. The molecule has 7 rings (SSSR count). The van der Waals surface area contributed by atoms with E-state index in [0.717, 1.165) is 5.92 Å². The summed E-state index contributed by atoms with van der Waals surface area (Å²) in [6.07, 6.45) is 5.84. The molecule has 1 heterocycles. The highest BCUT2D eigenvalue weighted by atomic mass is 14.7. The van der Waals surface area contributed by atoms with Gasteiger partial charge in [-0.2, -0.15) is 0 Å². The number of hydrogen-bond donors (Lipinski definition) is 1. The van der Waals surface area contributed by atoms with Gasteiger partial charge in [0.15, 0.2) is 0 Å². The molecule has 0 amide bonds. The maximum absolute atomic E-state index is 3.12. The van der Waals surface area contributed by atoms with Crippen LogP contribution in [0.5, 0.6) is 0 Å². The Morgan fingerprint density at radius 2 is 0.589 bits per heavy atom. The molecule has 0 atom stereocenters. The summed E-state index contributed by atoms with van der Waals surface area (Å²) in [4.78, 5) is 3.12. The summed E-state index contributed by atoms with van der Waals surface area (Å²) in [7, 11) is 0. The monoisotopic (exact) mass is 764 g/mol. The Bertz CT molecular complexity index is 1490. The van der Waals surface area contributed by atoms with Gasteiger partial charge in [-0.15, -0.1) is 0 Å². The van der Waals surface area contributed by atoms with Crippen LogP contribution in [0.1, 0.15) is 123 Å². The van der Waals surface area contributed by atoms with Crippen molar-refractivity contribution in [3.05, 3.63) is 193 Å². The molecule has 0 spiro atoms. The first-order valence-corrected chi connectivity index (χ1v) is 18.3. The molecular weight excluding hydrogens is 675 g/mol. The number of unbranched alkanes of at least 4 members (excludes halogenated alkanes) is 1. The molecule has 0 aliphatic heterocycles. The number of benzene rings is 6. The normalized spacial score (nSPS) is 7.96. The molecule has 56 heavy (non-hydrogen) atoms. The number of nitrogens with one attached hydrogen (secondary N) is 1. The molecule has 0 fully saturated rings. The lowest BCUT2D eigenvalue weighted by molar-refractivity contribution is 0.737. The molecule has 0 unspecified atom stereocenters. The van der Waals surface area contributed by atoms with Crippen LogP contribution >= 0.6 is 0 Å². The van der Waals surface area contributed by atoms with Gasteiger partial charge in [-0.25, -0.2) is 0 Å². The van der Waals surface area contributed by atoms with Gasteiger partial charge in [-0.3, -0.25) is 0 Å². The van der Waals surface area contributed by atoms with Crippen molar-refractivity contribution in [1.82, 2.24) is 4.98 Å². The van der Waals surface area contributed by atoms with Gasteiger partial charge in [0, 0.05) is 11.7 Å². The molecule has 0 saturated carbocycles. The molecule has 6 aromatic carbocycles. The lowest BCUT2D eigenvalue weighted by Crippen LogP contribution is -1.67. The summed E-state index contributed by atoms with van der Waals surface area (Å²) in [6, 6.07) is 59.5. The van der Waals surface area contributed by atoms with Crippen LogP contribution in [0.3, 0.4) is 0 Å². The number of aryl methyl sites for hydroxylation is 2. The van der Waals surface area contributed by atoms with Crippen LogP contribution in [-0.2, 0) is 0 Å². The van der Waals surface area contributed by atoms with Gasteiger partial charge in [0.25, 0.3) is 0 Å². The Labute approximate surface area is 350 Å². The number of H-pyrrole nitrogens is 1. The fraction of sp³-hybridized carbons (Fsp3) is 0.345. The molecule has 0 aliphatic rings. The van der Waals surface area contributed by atoms with Gasteiger partial charge in [0.1, 0.15) is 0 Å². The van der Waals surface area contributed by atoms with Crippen LogP contribution in [0.2, 0.25) is 0 Å². The zero-order valence-electron chi connectivity index (χ0n) is 32.5. The van der Waals surface area contributed by atoms with Crippen molar-refractivity contribution in [3.8, 4) is 0 Å². The van der Waals surface area contributed by atoms with E-state index in [0.29, 0.717) is 0 Å². The van der Waals surface area contributed by atoms with Crippen molar-refractivity contribution in [2.24, 2.45) is 5.92 Å². The maximum Gasteiger partial charge on any atom is 0.0453 e. The van der Waals surface area contributed by atoms with E-state index in [9.17, 15) is 0 Å². The largest absolute Gasteiger partial charge is 0.361 e. The molecule has 0 aliphatic carbocycles. The van der Waals surface area contributed by atoms with Gasteiger partial charge in [-0.05, 0) is 48.1 Å². The second-order valence-electron chi connectivity index (χ2n) is 12.3. The number of aromatic nitrogens is 1. The molecule has 0 bridgehead atoms. The van der Waals surface area contributed by atoms with E-state index in [-0.39, 0.29) is 44.6 Å². The third-order valence-electron chi connectivity index (χ3n) is 6.17. The first-order chi connectivity index (χ1) is 24.3. The van der Waals surface area contributed by atoms with E-state index in [2.05, 4.69) is 158 Å². The van der Waals surface area contributed by atoms with Gasteiger partial charge in [-0.1, -0.05) is 287 Å². The summed E-state index contributed by atoms with van der Waals surface area (Å²) in [5, 5.41) is 3.90. The zero-order valence-corrected chi connectivity index (χ0v) is 32.5. The van der Waals surface area contributed by atoms with Crippen molar-refractivity contribution in [2.75, 3.05) is 0 Å². The fourth-order valence-corrected chi connectivity index (χ4v) is 3.58. The van der Waals surface area contributed by atoms with Crippen molar-refractivity contribution in [1.29, 1.82) is 0 Å². The third kappa shape index (κ3) is 40.3. The Morgan fingerprint density at radius 1 is 0.357 bits per heavy atom. The highest BCUT2D eigenvalue weighted by Gasteiger charge is 1.87. The molecule has 314 valence electrons. The average Bonchev–Trinajstić information content (AvgIpc) is 3.64. The number of rotatable bonds is 1. The third-order valence-corrected chi connectivity index (χ3v) is 6.17. The standard InChI is InChI=1S/C10H8.C8H7N.2C7H8.C6H6.2C4H10.C3H8.6CH4/c1-2-6-10-8-4-3-7-9(10)5-1;1-2-4-8-7(3-1)5-6-9-8;2*1-7-5-3-2-4-6-7;1-2-4-6-5-3-1;1-4(2)3;1-3-4-2;1-3-2;;;;;;/h1-8H;1-6,9H;2*2-6H,1H3;1-6H;4H,1-3H3;3-4H2,1-2H3;3H2,1-2H3;6*1H4. The van der Waals surface area contributed by atoms with Crippen LogP contribution in [-0.4, -0.2) is 4.98 Å². The smallest absolute Gasteiger partial charge is 0.0453 e. The predicted molar refractivity (Wildman–Crippen MR) is 268 cm³/mol. The Balaban J connectivity index is -0.0000000991. The molecule has 7 aromatic rings. The number of hydrogen-bond acceptors (Lipinski definition) is 0. The second-order valence-corrected chi connectivity index (χ2v) is 12.3. The van der Waals surface area contributed by atoms with E-state index in [1.807, 2.05) is 91.1 Å². The van der Waals surface area contributed by atoms with E-state index in [4.69, 9.17) is 0 Å². The van der Waals surface area contributed by atoms with Crippen molar-refractivity contribution >= 4 is 21.7 Å². The predicted octanol–water partition coefficient (Wildman–Crippen LogP) is 19.4. The molecule has 1 heteroatoms. The van der Waals surface area contributed by atoms with Crippen molar-refractivity contribution < 1.29 is 0 Å². The molecule has 1 aromatic heterocycles.